The van der Waals surface area contributed by atoms with E-state index in [-0.39, 0.29) is 0 Å². The zero-order valence-electron chi connectivity index (χ0n) is 8.56. The Balaban J connectivity index is 1.90. The lowest BCUT2D eigenvalue weighted by Crippen LogP contribution is -2.34. The molecule has 2 heterocycles. The molecule has 1 fully saturated rings. The fourth-order valence-corrected chi connectivity index (χ4v) is 2.08. The highest BCUT2D eigenvalue weighted by Crippen LogP contribution is 2.16. The van der Waals surface area contributed by atoms with E-state index in [0.717, 1.165) is 13.1 Å². The average molecular weight is 195 g/mol. The molecule has 78 valence electrons. The van der Waals surface area contributed by atoms with Gasteiger partial charge >= 0.3 is 0 Å². The number of rotatable bonds is 2. The van der Waals surface area contributed by atoms with Gasteiger partial charge in [-0.25, -0.2) is 4.98 Å². The van der Waals surface area contributed by atoms with Crippen LogP contribution in [-0.4, -0.2) is 39.8 Å². The molecule has 0 saturated carbocycles. The van der Waals surface area contributed by atoms with Gasteiger partial charge < -0.3 is 10.6 Å². The van der Waals surface area contributed by atoms with Crippen LogP contribution in [-0.2, 0) is 6.54 Å². The number of hydrogen-bond donors (Lipinski definition) is 1. The van der Waals surface area contributed by atoms with Crippen molar-refractivity contribution >= 4 is 5.95 Å². The Labute approximate surface area is 83.9 Å². The van der Waals surface area contributed by atoms with E-state index in [1.165, 1.54) is 19.4 Å². The van der Waals surface area contributed by atoms with Gasteiger partial charge in [0.05, 0.1) is 0 Å². The van der Waals surface area contributed by atoms with E-state index >= 15 is 0 Å². The van der Waals surface area contributed by atoms with Crippen LogP contribution in [0.1, 0.15) is 12.8 Å². The summed E-state index contributed by atoms with van der Waals surface area (Å²) in [6, 6.07) is 0. The maximum atomic E-state index is 5.46. The van der Waals surface area contributed by atoms with Crippen LogP contribution in [0.2, 0.25) is 0 Å². The molecular formula is C9H17N5. The van der Waals surface area contributed by atoms with Crippen LogP contribution in [0.5, 0.6) is 0 Å². The van der Waals surface area contributed by atoms with E-state index < -0.39 is 0 Å². The predicted molar refractivity (Wildman–Crippen MR) is 54.7 cm³/mol. The first-order valence-electron chi connectivity index (χ1n) is 5.07. The second-order valence-corrected chi connectivity index (χ2v) is 4.10. The number of piperidine rings is 1. The van der Waals surface area contributed by atoms with Gasteiger partial charge in [0.15, 0.2) is 0 Å². The van der Waals surface area contributed by atoms with Crippen molar-refractivity contribution in [2.45, 2.75) is 19.4 Å². The topological polar surface area (TPSA) is 60.0 Å². The van der Waals surface area contributed by atoms with Crippen molar-refractivity contribution in [1.82, 2.24) is 19.7 Å². The summed E-state index contributed by atoms with van der Waals surface area (Å²) in [5, 5.41) is 4.09. The number of likely N-dealkylation sites (tertiary alicyclic amines) is 1. The summed E-state index contributed by atoms with van der Waals surface area (Å²) in [6.45, 7) is 3.31. The van der Waals surface area contributed by atoms with E-state index in [2.05, 4.69) is 22.0 Å². The van der Waals surface area contributed by atoms with Crippen LogP contribution < -0.4 is 5.73 Å². The summed E-state index contributed by atoms with van der Waals surface area (Å²) < 4.78 is 1.85. The molecule has 0 aromatic carbocycles. The molecule has 1 aromatic heterocycles. The maximum absolute atomic E-state index is 5.46. The molecule has 0 bridgehead atoms. The second kappa shape index (κ2) is 3.96. The highest BCUT2D eigenvalue weighted by molar-refractivity contribution is 5.09. The quantitative estimate of drug-likeness (QED) is 0.732. The summed E-state index contributed by atoms with van der Waals surface area (Å²) in [7, 11) is 2.17. The van der Waals surface area contributed by atoms with Crippen LogP contribution in [0.25, 0.3) is 0 Å². The second-order valence-electron chi connectivity index (χ2n) is 4.10. The summed E-state index contributed by atoms with van der Waals surface area (Å²) in [6.07, 6.45) is 4.28. The molecule has 2 rings (SSSR count). The van der Waals surface area contributed by atoms with Crippen molar-refractivity contribution in [3.8, 4) is 0 Å². The predicted octanol–water partition coefficient (Wildman–Crippen LogP) is 0.202. The van der Waals surface area contributed by atoms with Gasteiger partial charge in [-0.1, -0.05) is 0 Å². The zero-order chi connectivity index (χ0) is 9.97. The van der Waals surface area contributed by atoms with E-state index in [9.17, 15) is 0 Å². The van der Waals surface area contributed by atoms with Crippen LogP contribution in [0, 0.1) is 5.92 Å². The number of aromatic nitrogens is 3. The zero-order valence-corrected chi connectivity index (χ0v) is 8.56. The van der Waals surface area contributed by atoms with Crippen LogP contribution >= 0.6 is 0 Å². The van der Waals surface area contributed by atoms with Crippen molar-refractivity contribution in [3.05, 3.63) is 6.33 Å². The monoisotopic (exact) mass is 195 g/mol. The highest BCUT2D eigenvalue weighted by atomic mass is 15.4. The summed E-state index contributed by atoms with van der Waals surface area (Å²) >= 11 is 0. The van der Waals surface area contributed by atoms with Gasteiger partial charge in [-0.2, -0.15) is 0 Å². The third kappa shape index (κ3) is 2.23. The number of anilines is 1. The first kappa shape index (κ1) is 9.45. The van der Waals surface area contributed by atoms with Gasteiger partial charge in [-0.15, -0.1) is 5.10 Å². The van der Waals surface area contributed by atoms with Gasteiger partial charge in [0.2, 0.25) is 5.95 Å². The lowest BCUT2D eigenvalue weighted by atomic mass is 9.99. The minimum atomic E-state index is 0.370. The molecular weight excluding hydrogens is 178 g/mol. The van der Waals surface area contributed by atoms with E-state index in [0.29, 0.717) is 11.9 Å². The van der Waals surface area contributed by atoms with E-state index in [4.69, 9.17) is 5.73 Å². The van der Waals surface area contributed by atoms with Crippen molar-refractivity contribution in [3.63, 3.8) is 0 Å². The molecule has 1 aromatic rings. The van der Waals surface area contributed by atoms with Gasteiger partial charge in [-0.05, 0) is 32.4 Å². The number of hydrogen-bond acceptors (Lipinski definition) is 4. The molecule has 0 radical (unpaired) electrons. The third-order valence-electron chi connectivity index (χ3n) is 2.72. The number of nitrogens with zero attached hydrogens (tertiary/aromatic N) is 4. The first-order valence-corrected chi connectivity index (χ1v) is 5.07. The minimum Gasteiger partial charge on any atom is -0.367 e. The van der Waals surface area contributed by atoms with Crippen molar-refractivity contribution in [2.24, 2.45) is 5.92 Å². The molecule has 1 atom stereocenters. The highest BCUT2D eigenvalue weighted by Gasteiger charge is 2.17. The van der Waals surface area contributed by atoms with Crippen molar-refractivity contribution in [1.29, 1.82) is 0 Å². The molecule has 5 nitrogen and oxygen atoms in total. The average Bonchev–Trinajstić information content (AvgIpc) is 2.51. The van der Waals surface area contributed by atoms with Crippen molar-refractivity contribution < 1.29 is 0 Å². The molecule has 14 heavy (non-hydrogen) atoms. The normalized spacial score (nSPS) is 23.9. The smallest absolute Gasteiger partial charge is 0.239 e. The SMILES string of the molecule is CN1CCCC(Cn2cnc(N)n2)C1. The van der Waals surface area contributed by atoms with Gasteiger partial charge in [0, 0.05) is 13.1 Å². The molecule has 1 saturated heterocycles. The third-order valence-corrected chi connectivity index (χ3v) is 2.72. The molecule has 1 aliphatic heterocycles. The lowest BCUT2D eigenvalue weighted by molar-refractivity contribution is 0.190. The summed E-state index contributed by atoms with van der Waals surface area (Å²) in [5.74, 6) is 1.06. The summed E-state index contributed by atoms with van der Waals surface area (Å²) in [5.41, 5.74) is 5.46. The molecule has 0 amide bonds. The molecule has 1 aliphatic rings. The Morgan fingerprint density at radius 2 is 2.50 bits per heavy atom. The Morgan fingerprint density at radius 3 is 3.14 bits per heavy atom. The van der Waals surface area contributed by atoms with Gasteiger partial charge in [0.25, 0.3) is 0 Å². The largest absolute Gasteiger partial charge is 0.367 e. The minimum absolute atomic E-state index is 0.370. The fourth-order valence-electron chi connectivity index (χ4n) is 2.08. The van der Waals surface area contributed by atoms with E-state index in [1.54, 1.807) is 6.33 Å². The van der Waals surface area contributed by atoms with Crippen LogP contribution in [0.4, 0.5) is 5.95 Å². The first-order chi connectivity index (χ1) is 6.74. The molecule has 0 aliphatic carbocycles. The Morgan fingerprint density at radius 1 is 1.64 bits per heavy atom. The van der Waals surface area contributed by atoms with Gasteiger partial charge in [-0.3, -0.25) is 4.68 Å². The standard InChI is InChI=1S/C9H17N5/c1-13-4-2-3-8(5-13)6-14-7-11-9(10)12-14/h7-8H,2-6H2,1H3,(H2,10,12). The lowest BCUT2D eigenvalue weighted by Gasteiger charge is -2.29. The maximum Gasteiger partial charge on any atom is 0.239 e. The molecule has 0 spiro atoms. The molecule has 1 unspecified atom stereocenters. The molecule has 2 N–H and O–H groups in total. The van der Waals surface area contributed by atoms with Crippen LogP contribution in [0.3, 0.4) is 0 Å². The Hall–Kier alpha value is -1.10. The summed E-state index contributed by atoms with van der Waals surface area (Å²) in [4.78, 5) is 6.29. The van der Waals surface area contributed by atoms with Crippen molar-refractivity contribution in [2.75, 3.05) is 25.9 Å². The Bertz CT molecular complexity index is 295. The van der Waals surface area contributed by atoms with E-state index in [1.807, 2.05) is 4.68 Å². The Kier molecular flexibility index (Phi) is 2.67. The number of nitrogen functional groups attached to an aromatic ring is 1. The van der Waals surface area contributed by atoms with Crippen LogP contribution in [0.15, 0.2) is 6.33 Å². The number of nitrogens with two attached hydrogens (primary N) is 1. The molecule has 5 heteroatoms. The van der Waals surface area contributed by atoms with Gasteiger partial charge in [0.1, 0.15) is 6.33 Å². The fraction of sp³-hybridized carbons (Fsp3) is 0.778.